The van der Waals surface area contributed by atoms with Crippen molar-refractivity contribution in [2.24, 2.45) is 4.99 Å². The molecule has 3 nitrogen and oxygen atoms in total. The Kier molecular flexibility index (Phi) is 5.00. The molecule has 0 aromatic rings. The van der Waals surface area contributed by atoms with Crippen molar-refractivity contribution in [1.82, 2.24) is 4.90 Å². The van der Waals surface area contributed by atoms with Gasteiger partial charge in [-0.2, -0.15) is 0 Å². The van der Waals surface area contributed by atoms with Crippen LogP contribution in [0.15, 0.2) is 17.3 Å². The number of likely N-dealkylation sites (N-methyl/N-ethyl adjacent to an activating group) is 1. The highest BCUT2D eigenvalue weighted by molar-refractivity contribution is 5.93. The predicted molar refractivity (Wildman–Crippen MR) is 51.2 cm³/mol. The molecule has 1 amide bonds. The van der Waals surface area contributed by atoms with Gasteiger partial charge in [-0.15, -0.1) is 0 Å². The highest BCUT2D eigenvalue weighted by Crippen LogP contribution is 1.97. The average Bonchev–Trinajstić information content (AvgIpc) is 2.11. The van der Waals surface area contributed by atoms with Crippen LogP contribution in [0, 0.1) is 0 Å². The summed E-state index contributed by atoms with van der Waals surface area (Å²) in [5.74, 6) is -0.109. The van der Waals surface area contributed by atoms with Crippen molar-refractivity contribution in [3.8, 4) is 0 Å². The van der Waals surface area contributed by atoms with Crippen molar-refractivity contribution in [3.63, 3.8) is 0 Å². The molecule has 0 N–H and O–H groups in total. The van der Waals surface area contributed by atoms with Gasteiger partial charge in [0.2, 0.25) is 0 Å². The topological polar surface area (TPSA) is 32.7 Å². The Morgan fingerprint density at radius 3 is 2.58 bits per heavy atom. The fraction of sp³-hybridized carbons (Fsp3) is 0.556. The van der Waals surface area contributed by atoms with Crippen molar-refractivity contribution in [2.75, 3.05) is 13.6 Å². The van der Waals surface area contributed by atoms with E-state index in [1.807, 2.05) is 13.8 Å². The van der Waals surface area contributed by atoms with E-state index in [2.05, 4.69) is 11.6 Å². The van der Waals surface area contributed by atoms with Gasteiger partial charge in [0.15, 0.2) is 0 Å². The Labute approximate surface area is 73.8 Å². The largest absolute Gasteiger partial charge is 0.341 e. The van der Waals surface area contributed by atoms with Gasteiger partial charge in [0.05, 0.1) is 0 Å². The zero-order valence-corrected chi connectivity index (χ0v) is 8.00. The Balaban J connectivity index is 4.11. The molecule has 0 atom stereocenters. The van der Waals surface area contributed by atoms with Crippen LogP contribution in [0.25, 0.3) is 0 Å². The number of carbonyl (C=O) groups is 1. The highest BCUT2D eigenvalue weighted by Gasteiger charge is 2.08. The maximum Gasteiger partial charge on any atom is 0.271 e. The molecule has 12 heavy (non-hydrogen) atoms. The zero-order chi connectivity index (χ0) is 9.56. The van der Waals surface area contributed by atoms with Crippen LogP contribution in [0.4, 0.5) is 0 Å². The molecule has 0 spiro atoms. The highest BCUT2D eigenvalue weighted by atomic mass is 16.2. The van der Waals surface area contributed by atoms with E-state index in [4.69, 9.17) is 0 Å². The molecule has 0 aliphatic carbocycles. The van der Waals surface area contributed by atoms with Crippen molar-refractivity contribution < 1.29 is 4.79 Å². The molecular weight excluding hydrogens is 152 g/mol. The molecule has 3 heteroatoms. The molecule has 0 bridgehead atoms. The summed E-state index contributed by atoms with van der Waals surface area (Å²) in [5, 5.41) is 0. The van der Waals surface area contributed by atoms with E-state index in [0.29, 0.717) is 12.2 Å². The van der Waals surface area contributed by atoms with E-state index in [1.165, 1.54) is 0 Å². The van der Waals surface area contributed by atoms with Crippen LogP contribution < -0.4 is 0 Å². The Hall–Kier alpha value is -1.12. The number of nitrogens with zero attached hydrogens (tertiary/aromatic N) is 2. The van der Waals surface area contributed by atoms with Crippen molar-refractivity contribution in [1.29, 1.82) is 0 Å². The normalized spacial score (nSPS) is 10.2. The summed E-state index contributed by atoms with van der Waals surface area (Å²) in [7, 11) is 1.73. The van der Waals surface area contributed by atoms with Gasteiger partial charge >= 0.3 is 0 Å². The number of amides is 1. The minimum atomic E-state index is -0.109. The van der Waals surface area contributed by atoms with Gasteiger partial charge in [0.25, 0.3) is 5.91 Å². The molecule has 0 saturated heterocycles. The van der Waals surface area contributed by atoms with E-state index in [1.54, 1.807) is 18.2 Å². The first-order valence-electron chi connectivity index (χ1n) is 4.10. The third kappa shape index (κ3) is 3.32. The first-order valence-corrected chi connectivity index (χ1v) is 4.10. The molecule has 0 heterocycles. The summed E-state index contributed by atoms with van der Waals surface area (Å²) < 4.78 is 0. The molecule has 68 valence electrons. The minimum Gasteiger partial charge on any atom is -0.341 e. The van der Waals surface area contributed by atoms with E-state index < -0.39 is 0 Å². The monoisotopic (exact) mass is 168 g/mol. The van der Waals surface area contributed by atoms with Crippen LogP contribution in [0.3, 0.4) is 0 Å². The summed E-state index contributed by atoms with van der Waals surface area (Å²) in [4.78, 5) is 16.8. The van der Waals surface area contributed by atoms with Crippen LogP contribution in [-0.4, -0.2) is 30.6 Å². The summed E-state index contributed by atoms with van der Waals surface area (Å²) in [6.45, 7) is 8.13. The molecule has 0 aliphatic heterocycles. The fourth-order valence-corrected chi connectivity index (χ4v) is 0.621. The summed E-state index contributed by atoms with van der Waals surface area (Å²) >= 11 is 0. The first-order chi connectivity index (χ1) is 5.63. The SMILES string of the molecule is C=C(N=CCC)C(=O)N(C)CC. The third-order valence-electron chi connectivity index (χ3n) is 1.50. The number of carbonyl (C=O) groups excluding carboxylic acids is 1. The lowest BCUT2D eigenvalue weighted by atomic mass is 10.4. The van der Waals surface area contributed by atoms with Crippen LogP contribution in [0.5, 0.6) is 0 Å². The van der Waals surface area contributed by atoms with Crippen molar-refractivity contribution in [3.05, 3.63) is 12.3 Å². The maximum atomic E-state index is 11.3. The second kappa shape index (κ2) is 5.52. The van der Waals surface area contributed by atoms with Gasteiger partial charge < -0.3 is 4.90 Å². The molecule has 0 saturated carbocycles. The molecule has 0 radical (unpaired) electrons. The number of aliphatic imine (C=N–C) groups is 1. The number of hydrogen-bond acceptors (Lipinski definition) is 2. The fourth-order valence-electron chi connectivity index (χ4n) is 0.621. The van der Waals surface area contributed by atoms with Gasteiger partial charge in [-0.3, -0.25) is 9.79 Å². The zero-order valence-electron chi connectivity index (χ0n) is 8.00. The predicted octanol–water partition coefficient (Wildman–Crippen LogP) is 1.46. The van der Waals surface area contributed by atoms with E-state index in [-0.39, 0.29) is 5.91 Å². The Bertz CT molecular complexity index is 197. The number of rotatable bonds is 4. The lowest BCUT2D eigenvalue weighted by Crippen LogP contribution is -2.26. The lowest BCUT2D eigenvalue weighted by molar-refractivity contribution is -0.125. The second-order valence-corrected chi connectivity index (χ2v) is 2.49. The average molecular weight is 168 g/mol. The molecule has 0 aromatic carbocycles. The van der Waals surface area contributed by atoms with Gasteiger partial charge in [0.1, 0.15) is 5.70 Å². The second-order valence-electron chi connectivity index (χ2n) is 2.49. The molecule has 0 aliphatic rings. The Morgan fingerprint density at radius 1 is 1.58 bits per heavy atom. The third-order valence-corrected chi connectivity index (χ3v) is 1.50. The summed E-state index contributed by atoms with van der Waals surface area (Å²) in [6, 6.07) is 0. The van der Waals surface area contributed by atoms with Gasteiger partial charge in [0, 0.05) is 19.8 Å². The molecule has 0 fully saturated rings. The van der Waals surface area contributed by atoms with Crippen molar-refractivity contribution >= 4 is 12.1 Å². The lowest BCUT2D eigenvalue weighted by Gasteiger charge is -2.13. The standard InChI is InChI=1S/C9H16N2O/c1-5-7-10-8(3)9(12)11(4)6-2/h7H,3,5-6H2,1-2,4H3. The van der Waals surface area contributed by atoms with E-state index >= 15 is 0 Å². The minimum absolute atomic E-state index is 0.109. The van der Waals surface area contributed by atoms with Gasteiger partial charge in [-0.25, -0.2) is 0 Å². The number of hydrogen-bond donors (Lipinski definition) is 0. The van der Waals surface area contributed by atoms with E-state index in [9.17, 15) is 4.79 Å². The molecule has 0 rings (SSSR count). The van der Waals surface area contributed by atoms with Crippen LogP contribution in [0.1, 0.15) is 20.3 Å². The van der Waals surface area contributed by atoms with Crippen molar-refractivity contribution in [2.45, 2.75) is 20.3 Å². The quantitative estimate of drug-likeness (QED) is 0.462. The molecular formula is C9H16N2O. The molecule has 0 unspecified atom stereocenters. The molecule has 0 aromatic heterocycles. The first kappa shape index (κ1) is 10.9. The van der Waals surface area contributed by atoms with Gasteiger partial charge in [-0.1, -0.05) is 13.5 Å². The summed E-state index contributed by atoms with van der Waals surface area (Å²) in [6.07, 6.45) is 2.51. The maximum absolute atomic E-state index is 11.3. The van der Waals surface area contributed by atoms with Crippen LogP contribution in [-0.2, 0) is 4.79 Å². The smallest absolute Gasteiger partial charge is 0.271 e. The Morgan fingerprint density at radius 2 is 2.17 bits per heavy atom. The van der Waals surface area contributed by atoms with Gasteiger partial charge in [-0.05, 0) is 13.3 Å². The van der Waals surface area contributed by atoms with E-state index in [0.717, 1.165) is 6.42 Å². The van der Waals surface area contributed by atoms with Crippen LogP contribution >= 0.6 is 0 Å². The van der Waals surface area contributed by atoms with Crippen LogP contribution in [0.2, 0.25) is 0 Å². The summed E-state index contributed by atoms with van der Waals surface area (Å²) in [5.41, 5.74) is 0.307.